The Bertz CT molecular complexity index is 699. The zero-order valence-corrected chi connectivity index (χ0v) is 13.4. The molecular weight excluding hydrogens is 346 g/mol. The molecule has 0 saturated heterocycles. The zero-order valence-electron chi connectivity index (χ0n) is 11.8. The molecular formula is C17H14BrNO3. The zero-order chi connectivity index (χ0) is 15.9. The summed E-state index contributed by atoms with van der Waals surface area (Å²) in [6.45, 7) is 0. The second-order valence-corrected chi connectivity index (χ2v) is 5.34. The van der Waals surface area contributed by atoms with Crippen molar-refractivity contribution >= 4 is 27.6 Å². The van der Waals surface area contributed by atoms with Gasteiger partial charge in [0.15, 0.2) is 6.04 Å². The molecule has 2 aromatic rings. The van der Waals surface area contributed by atoms with E-state index in [1.54, 1.807) is 31.4 Å². The van der Waals surface area contributed by atoms with E-state index < -0.39 is 12.0 Å². The molecule has 22 heavy (non-hydrogen) atoms. The summed E-state index contributed by atoms with van der Waals surface area (Å²) in [5.41, 5.74) is 1.42. The summed E-state index contributed by atoms with van der Waals surface area (Å²) < 4.78 is 6.01. The van der Waals surface area contributed by atoms with Gasteiger partial charge >= 0.3 is 5.97 Å². The van der Waals surface area contributed by atoms with Gasteiger partial charge in [-0.1, -0.05) is 27.8 Å². The lowest BCUT2D eigenvalue weighted by Gasteiger charge is -2.10. The Morgan fingerprint density at radius 3 is 2.36 bits per heavy atom. The summed E-state index contributed by atoms with van der Waals surface area (Å²) in [6, 6.07) is 13.4. The van der Waals surface area contributed by atoms with Gasteiger partial charge in [0.2, 0.25) is 0 Å². The van der Waals surface area contributed by atoms with Gasteiger partial charge in [-0.3, -0.25) is 0 Å². The van der Waals surface area contributed by atoms with E-state index in [0.717, 1.165) is 10.0 Å². The second kappa shape index (κ2) is 7.53. The molecule has 2 N–H and O–H groups in total. The molecule has 0 bridgehead atoms. The molecule has 0 spiro atoms. The van der Waals surface area contributed by atoms with E-state index in [9.17, 15) is 9.90 Å². The summed E-state index contributed by atoms with van der Waals surface area (Å²) in [5.74, 6) is 5.26. The first-order valence-corrected chi connectivity index (χ1v) is 7.28. The van der Waals surface area contributed by atoms with Crippen molar-refractivity contribution in [1.29, 1.82) is 0 Å². The minimum absolute atomic E-state index is 0.665. The number of benzene rings is 2. The maximum Gasteiger partial charge on any atom is 0.338 e. The molecule has 0 radical (unpaired) electrons. The Hall–Kier alpha value is -2.45. The van der Waals surface area contributed by atoms with Gasteiger partial charge in [-0.05, 0) is 48.5 Å². The van der Waals surface area contributed by atoms with Crippen molar-refractivity contribution in [3.05, 3.63) is 58.6 Å². The van der Waals surface area contributed by atoms with Crippen LogP contribution >= 0.6 is 15.9 Å². The molecule has 0 fully saturated rings. The van der Waals surface area contributed by atoms with E-state index in [-0.39, 0.29) is 0 Å². The number of rotatable bonds is 4. The van der Waals surface area contributed by atoms with Crippen LogP contribution in [0, 0.1) is 11.8 Å². The lowest BCUT2D eigenvalue weighted by molar-refractivity contribution is -0.136. The topological polar surface area (TPSA) is 58.6 Å². The van der Waals surface area contributed by atoms with Gasteiger partial charge in [-0.25, -0.2) is 4.79 Å². The second-order valence-electron chi connectivity index (χ2n) is 4.42. The average Bonchev–Trinajstić information content (AvgIpc) is 2.53. The lowest BCUT2D eigenvalue weighted by atomic mass is 10.2. The monoisotopic (exact) mass is 359 g/mol. The largest absolute Gasteiger partial charge is 0.497 e. The van der Waals surface area contributed by atoms with Crippen LogP contribution in [0.2, 0.25) is 0 Å². The maximum absolute atomic E-state index is 11.3. The maximum atomic E-state index is 11.3. The number of methoxy groups -OCH3 is 1. The van der Waals surface area contributed by atoms with E-state index >= 15 is 0 Å². The SMILES string of the molecule is COc1ccc(N[C@@H](C#Cc2ccc(Br)cc2)C(=O)O)cc1. The molecule has 0 unspecified atom stereocenters. The Labute approximate surface area is 137 Å². The number of hydrogen-bond donors (Lipinski definition) is 2. The molecule has 4 nitrogen and oxygen atoms in total. The van der Waals surface area contributed by atoms with Gasteiger partial charge in [-0.15, -0.1) is 0 Å². The Balaban J connectivity index is 2.13. The Kier molecular flexibility index (Phi) is 5.45. The number of carboxylic acids is 1. The summed E-state index contributed by atoms with van der Waals surface area (Å²) in [5, 5.41) is 12.1. The van der Waals surface area contributed by atoms with Crippen LogP contribution in [-0.2, 0) is 4.79 Å². The molecule has 0 amide bonds. The van der Waals surface area contributed by atoms with Gasteiger partial charge in [0.25, 0.3) is 0 Å². The number of halogens is 1. The molecule has 0 aliphatic heterocycles. The molecule has 2 rings (SSSR count). The van der Waals surface area contributed by atoms with Crippen LogP contribution in [0.3, 0.4) is 0 Å². The fourth-order valence-electron chi connectivity index (χ4n) is 1.70. The quantitative estimate of drug-likeness (QED) is 0.821. The summed E-state index contributed by atoms with van der Waals surface area (Å²) >= 11 is 3.34. The fourth-order valence-corrected chi connectivity index (χ4v) is 1.97. The van der Waals surface area contributed by atoms with Crippen molar-refractivity contribution in [3.8, 4) is 17.6 Å². The van der Waals surface area contributed by atoms with Crippen molar-refractivity contribution in [2.24, 2.45) is 0 Å². The third-order valence-electron chi connectivity index (χ3n) is 2.85. The van der Waals surface area contributed by atoms with Crippen LogP contribution < -0.4 is 10.1 Å². The number of anilines is 1. The van der Waals surface area contributed by atoms with Crippen LogP contribution in [0.5, 0.6) is 5.75 Å². The highest BCUT2D eigenvalue weighted by molar-refractivity contribution is 9.10. The molecule has 0 saturated carbocycles. The van der Waals surface area contributed by atoms with Crippen LogP contribution in [0.1, 0.15) is 5.56 Å². The number of nitrogens with one attached hydrogen (secondary N) is 1. The van der Waals surface area contributed by atoms with Gasteiger partial charge in [0.05, 0.1) is 7.11 Å². The lowest BCUT2D eigenvalue weighted by Crippen LogP contribution is -2.27. The molecule has 0 aliphatic rings. The summed E-state index contributed by atoms with van der Waals surface area (Å²) in [4.78, 5) is 11.3. The molecule has 0 aromatic heterocycles. The predicted octanol–water partition coefficient (Wildman–Crippen LogP) is 3.37. The van der Waals surface area contributed by atoms with Crippen molar-refractivity contribution in [3.63, 3.8) is 0 Å². The van der Waals surface area contributed by atoms with Gasteiger partial charge in [-0.2, -0.15) is 0 Å². The summed E-state index contributed by atoms with van der Waals surface area (Å²) in [6.07, 6.45) is 0. The van der Waals surface area contributed by atoms with Crippen molar-refractivity contribution in [2.45, 2.75) is 6.04 Å². The molecule has 0 heterocycles. The smallest absolute Gasteiger partial charge is 0.338 e. The minimum atomic E-state index is -1.03. The number of ether oxygens (including phenoxy) is 1. The van der Waals surface area contributed by atoms with E-state index in [1.165, 1.54) is 0 Å². The highest BCUT2D eigenvalue weighted by Gasteiger charge is 2.13. The van der Waals surface area contributed by atoms with Gasteiger partial charge in [0.1, 0.15) is 5.75 Å². The predicted molar refractivity (Wildman–Crippen MR) is 89.1 cm³/mol. The van der Waals surface area contributed by atoms with Crippen LogP contribution in [0.4, 0.5) is 5.69 Å². The average molecular weight is 360 g/mol. The summed E-state index contributed by atoms with van der Waals surface area (Å²) in [7, 11) is 1.58. The first-order valence-electron chi connectivity index (χ1n) is 6.49. The van der Waals surface area contributed by atoms with Gasteiger partial charge < -0.3 is 15.2 Å². The van der Waals surface area contributed by atoms with Crippen LogP contribution in [-0.4, -0.2) is 24.2 Å². The van der Waals surface area contributed by atoms with Crippen LogP contribution in [0.25, 0.3) is 0 Å². The Morgan fingerprint density at radius 1 is 1.18 bits per heavy atom. The van der Waals surface area contributed by atoms with Crippen molar-refractivity contribution in [1.82, 2.24) is 0 Å². The highest BCUT2D eigenvalue weighted by atomic mass is 79.9. The molecule has 112 valence electrons. The van der Waals surface area contributed by atoms with E-state index in [4.69, 9.17) is 4.74 Å². The van der Waals surface area contributed by atoms with Crippen molar-refractivity contribution in [2.75, 3.05) is 12.4 Å². The molecule has 2 aromatic carbocycles. The van der Waals surface area contributed by atoms with E-state index in [1.807, 2.05) is 24.3 Å². The fraction of sp³-hybridized carbons (Fsp3) is 0.118. The van der Waals surface area contributed by atoms with Crippen molar-refractivity contribution < 1.29 is 14.6 Å². The van der Waals surface area contributed by atoms with E-state index in [0.29, 0.717) is 11.4 Å². The number of carbonyl (C=O) groups is 1. The van der Waals surface area contributed by atoms with E-state index in [2.05, 4.69) is 33.1 Å². The number of carboxylic acid groups (broad SMARTS) is 1. The first-order chi connectivity index (χ1) is 10.6. The number of aliphatic carboxylic acids is 1. The van der Waals surface area contributed by atoms with Crippen LogP contribution in [0.15, 0.2) is 53.0 Å². The normalized spacial score (nSPS) is 11.0. The third kappa shape index (κ3) is 4.54. The minimum Gasteiger partial charge on any atom is -0.497 e. The number of hydrogen-bond acceptors (Lipinski definition) is 3. The molecule has 0 aliphatic carbocycles. The van der Waals surface area contributed by atoms with Gasteiger partial charge in [0, 0.05) is 15.7 Å². The Morgan fingerprint density at radius 2 is 1.82 bits per heavy atom. The standard InChI is InChI=1S/C17H14BrNO3/c1-22-15-9-7-14(8-10-15)19-16(17(20)21)11-4-12-2-5-13(18)6-3-12/h2-3,5-10,16,19H,1H3,(H,20,21)/t16-/m0/s1. The highest BCUT2D eigenvalue weighted by Crippen LogP contribution is 2.16. The molecule has 1 atom stereocenters. The third-order valence-corrected chi connectivity index (χ3v) is 3.38. The molecule has 5 heteroatoms. The first kappa shape index (κ1) is 15.9.